The first kappa shape index (κ1) is 15.5. The van der Waals surface area contributed by atoms with Crippen LogP contribution in [0, 0.1) is 0 Å². The molecule has 4 nitrogen and oxygen atoms in total. The lowest BCUT2D eigenvalue weighted by atomic mass is 9.83. The third kappa shape index (κ3) is 3.18. The Morgan fingerprint density at radius 1 is 1.27 bits per heavy atom. The number of hydrogen-bond donors (Lipinski definition) is 1. The maximum absolute atomic E-state index is 12.4. The Balaban J connectivity index is 1.64. The van der Waals surface area contributed by atoms with E-state index >= 15 is 0 Å². The van der Waals surface area contributed by atoms with Gasteiger partial charge in [-0.25, -0.2) is 0 Å². The van der Waals surface area contributed by atoms with Gasteiger partial charge in [0, 0.05) is 12.1 Å². The van der Waals surface area contributed by atoms with Gasteiger partial charge < -0.3 is 14.7 Å². The highest BCUT2D eigenvalue weighted by atomic mass is 16.5. The Bertz CT molecular complexity index is 490. The van der Waals surface area contributed by atoms with Gasteiger partial charge in [-0.3, -0.25) is 4.79 Å². The number of piperidine rings is 2. The van der Waals surface area contributed by atoms with Gasteiger partial charge >= 0.3 is 5.97 Å². The van der Waals surface area contributed by atoms with E-state index in [1.165, 1.54) is 19.3 Å². The summed E-state index contributed by atoms with van der Waals surface area (Å²) in [7, 11) is 2.19. The lowest BCUT2D eigenvalue weighted by Gasteiger charge is -2.46. The molecule has 0 saturated carbocycles. The van der Waals surface area contributed by atoms with Crippen molar-refractivity contribution in [3.05, 3.63) is 35.9 Å². The summed E-state index contributed by atoms with van der Waals surface area (Å²) in [6.45, 7) is -0.206. The van der Waals surface area contributed by atoms with Gasteiger partial charge in [0.1, 0.15) is 12.0 Å². The highest BCUT2D eigenvalue weighted by Crippen LogP contribution is 2.34. The summed E-state index contributed by atoms with van der Waals surface area (Å²) in [6, 6.07) is 10.5. The first-order valence-electron chi connectivity index (χ1n) is 8.27. The van der Waals surface area contributed by atoms with E-state index in [2.05, 4.69) is 11.9 Å². The third-order valence-electron chi connectivity index (χ3n) is 5.25. The summed E-state index contributed by atoms with van der Waals surface area (Å²) in [6.07, 6.45) is 5.52. The van der Waals surface area contributed by atoms with Gasteiger partial charge in [-0.05, 0) is 38.3 Å². The Morgan fingerprint density at radius 2 is 1.91 bits per heavy atom. The van der Waals surface area contributed by atoms with Crippen LogP contribution in [-0.4, -0.2) is 47.8 Å². The number of benzene rings is 1. The van der Waals surface area contributed by atoms with Crippen molar-refractivity contribution in [2.24, 2.45) is 0 Å². The zero-order valence-corrected chi connectivity index (χ0v) is 13.1. The number of rotatable bonds is 4. The molecule has 2 bridgehead atoms. The first-order valence-corrected chi connectivity index (χ1v) is 8.27. The van der Waals surface area contributed by atoms with Crippen LogP contribution in [0.3, 0.4) is 0 Å². The number of fused-ring (bicyclic) bond motifs is 2. The number of carbonyl (C=O) groups is 1. The normalized spacial score (nSPS) is 29.8. The highest BCUT2D eigenvalue weighted by Gasteiger charge is 2.38. The predicted octanol–water partition coefficient (Wildman–Crippen LogP) is 2.32. The molecule has 0 aromatic heterocycles. The van der Waals surface area contributed by atoms with Crippen LogP contribution in [0.15, 0.2) is 30.3 Å². The number of esters is 1. The van der Waals surface area contributed by atoms with Crippen molar-refractivity contribution in [3.8, 4) is 0 Å². The molecule has 1 aromatic carbocycles. The lowest BCUT2D eigenvalue weighted by Crippen LogP contribution is -2.52. The Hall–Kier alpha value is -1.39. The van der Waals surface area contributed by atoms with Crippen LogP contribution < -0.4 is 0 Å². The van der Waals surface area contributed by atoms with Gasteiger partial charge in [-0.2, -0.15) is 0 Å². The molecule has 4 atom stereocenters. The summed E-state index contributed by atoms with van der Waals surface area (Å²) in [4.78, 5) is 14.9. The van der Waals surface area contributed by atoms with E-state index in [4.69, 9.17) is 4.74 Å². The molecular formula is C18H25NO3. The molecule has 0 aliphatic carbocycles. The van der Waals surface area contributed by atoms with E-state index in [0.29, 0.717) is 12.1 Å². The molecule has 2 heterocycles. The SMILES string of the molecule is CN1[C@@H]2CCC[C@H]1CC(OC(=O)C(CO)c1ccccc1)C2. The van der Waals surface area contributed by atoms with Crippen molar-refractivity contribution in [2.45, 2.75) is 56.2 Å². The molecule has 0 radical (unpaired) electrons. The average molecular weight is 303 g/mol. The molecule has 1 aromatic rings. The number of ether oxygens (including phenoxy) is 1. The largest absolute Gasteiger partial charge is 0.462 e. The molecule has 0 amide bonds. The minimum atomic E-state index is -0.569. The molecule has 2 aliphatic heterocycles. The number of hydrogen-bond acceptors (Lipinski definition) is 4. The Kier molecular flexibility index (Phi) is 4.79. The lowest BCUT2D eigenvalue weighted by molar-refractivity contribution is -0.157. The van der Waals surface area contributed by atoms with Crippen molar-refractivity contribution in [1.29, 1.82) is 0 Å². The molecule has 4 heteroatoms. The Labute approximate surface area is 132 Å². The van der Waals surface area contributed by atoms with Crippen molar-refractivity contribution in [3.63, 3.8) is 0 Å². The smallest absolute Gasteiger partial charge is 0.316 e. The highest BCUT2D eigenvalue weighted by molar-refractivity contribution is 5.78. The topological polar surface area (TPSA) is 49.8 Å². The van der Waals surface area contributed by atoms with Crippen LogP contribution in [0.4, 0.5) is 0 Å². The summed E-state index contributed by atoms with van der Waals surface area (Å²) in [5.74, 6) is -0.859. The van der Waals surface area contributed by atoms with Gasteiger partial charge in [0.05, 0.1) is 6.61 Å². The Morgan fingerprint density at radius 3 is 2.50 bits per heavy atom. The zero-order valence-electron chi connectivity index (χ0n) is 13.1. The van der Waals surface area contributed by atoms with E-state index in [9.17, 15) is 9.90 Å². The van der Waals surface area contributed by atoms with Gasteiger partial charge in [0.25, 0.3) is 0 Å². The zero-order chi connectivity index (χ0) is 15.5. The second-order valence-electron chi connectivity index (χ2n) is 6.58. The molecule has 2 fully saturated rings. The minimum Gasteiger partial charge on any atom is -0.462 e. The van der Waals surface area contributed by atoms with Crippen molar-refractivity contribution >= 4 is 5.97 Å². The van der Waals surface area contributed by atoms with Crippen LogP contribution in [0.1, 0.15) is 43.6 Å². The summed E-state index contributed by atoms with van der Waals surface area (Å²) in [5, 5.41) is 9.57. The fraction of sp³-hybridized carbons (Fsp3) is 0.611. The summed E-state index contributed by atoms with van der Waals surface area (Å²) < 4.78 is 5.76. The predicted molar refractivity (Wildman–Crippen MR) is 84.6 cm³/mol. The molecule has 0 spiro atoms. The summed E-state index contributed by atoms with van der Waals surface area (Å²) in [5.41, 5.74) is 0.822. The molecule has 2 unspecified atom stereocenters. The molecule has 22 heavy (non-hydrogen) atoms. The molecule has 120 valence electrons. The van der Waals surface area contributed by atoms with Crippen molar-refractivity contribution in [2.75, 3.05) is 13.7 Å². The third-order valence-corrected chi connectivity index (χ3v) is 5.25. The first-order chi connectivity index (χ1) is 10.7. The maximum atomic E-state index is 12.4. The minimum absolute atomic E-state index is 0.00300. The maximum Gasteiger partial charge on any atom is 0.316 e. The van der Waals surface area contributed by atoms with E-state index in [1.807, 2.05) is 30.3 Å². The van der Waals surface area contributed by atoms with E-state index in [1.54, 1.807) is 0 Å². The van der Waals surface area contributed by atoms with Crippen molar-refractivity contribution < 1.29 is 14.6 Å². The standard InChI is InChI=1S/C18H25NO3/c1-19-14-8-5-9-15(19)11-16(10-14)22-18(21)17(12-20)13-6-3-2-4-7-13/h2-4,6-7,14-17,20H,5,8-12H2,1H3/t14-,15+,16?,17?. The molecule has 2 aliphatic rings. The fourth-order valence-corrected chi connectivity index (χ4v) is 3.91. The monoisotopic (exact) mass is 303 g/mol. The molecule has 3 rings (SSSR count). The van der Waals surface area contributed by atoms with Gasteiger partial charge in [0.2, 0.25) is 0 Å². The van der Waals surface area contributed by atoms with Crippen LogP contribution in [-0.2, 0) is 9.53 Å². The van der Waals surface area contributed by atoms with Gasteiger partial charge in [-0.1, -0.05) is 36.8 Å². The molecule has 1 N–H and O–H groups in total. The fourth-order valence-electron chi connectivity index (χ4n) is 3.91. The van der Waals surface area contributed by atoms with Crippen LogP contribution >= 0.6 is 0 Å². The van der Waals surface area contributed by atoms with Gasteiger partial charge in [0.15, 0.2) is 0 Å². The second kappa shape index (κ2) is 6.80. The van der Waals surface area contributed by atoms with E-state index in [-0.39, 0.29) is 18.7 Å². The van der Waals surface area contributed by atoms with Crippen LogP contribution in [0.25, 0.3) is 0 Å². The van der Waals surface area contributed by atoms with Crippen LogP contribution in [0.2, 0.25) is 0 Å². The van der Waals surface area contributed by atoms with E-state index in [0.717, 1.165) is 18.4 Å². The number of carbonyl (C=O) groups excluding carboxylic acids is 1. The number of nitrogens with zero attached hydrogens (tertiary/aromatic N) is 1. The molecular weight excluding hydrogens is 278 g/mol. The van der Waals surface area contributed by atoms with Crippen molar-refractivity contribution in [1.82, 2.24) is 4.90 Å². The second-order valence-corrected chi connectivity index (χ2v) is 6.58. The molecule has 2 saturated heterocycles. The number of aliphatic hydroxyl groups is 1. The van der Waals surface area contributed by atoms with E-state index < -0.39 is 5.92 Å². The van der Waals surface area contributed by atoms with Crippen LogP contribution in [0.5, 0.6) is 0 Å². The number of aliphatic hydroxyl groups excluding tert-OH is 1. The quantitative estimate of drug-likeness (QED) is 0.867. The summed E-state index contributed by atoms with van der Waals surface area (Å²) >= 11 is 0. The average Bonchev–Trinajstić information content (AvgIpc) is 2.50. The van der Waals surface area contributed by atoms with Gasteiger partial charge in [-0.15, -0.1) is 0 Å².